The zero-order valence-corrected chi connectivity index (χ0v) is 8.54. The molecule has 0 saturated carbocycles. The fourth-order valence-corrected chi connectivity index (χ4v) is 1.97. The lowest BCUT2D eigenvalue weighted by Crippen LogP contribution is -2.19. The van der Waals surface area contributed by atoms with Crippen molar-refractivity contribution >= 4 is 29.2 Å². The van der Waals surface area contributed by atoms with E-state index in [0.29, 0.717) is 6.54 Å². The van der Waals surface area contributed by atoms with Crippen LogP contribution in [-0.2, 0) is 6.42 Å². The van der Waals surface area contributed by atoms with E-state index in [2.05, 4.69) is 36.3 Å². The molecule has 0 radical (unpaired) electrons. The van der Waals surface area contributed by atoms with E-state index in [1.54, 1.807) is 11.3 Å². The number of aryl methyl sites for hydroxylation is 1. The second-order valence-corrected chi connectivity index (χ2v) is 3.92. The van der Waals surface area contributed by atoms with Crippen molar-refractivity contribution in [1.29, 1.82) is 0 Å². The molecule has 0 atom stereocenters. The van der Waals surface area contributed by atoms with Crippen LogP contribution in [0.5, 0.6) is 0 Å². The number of thiol groups is 1. The summed E-state index contributed by atoms with van der Waals surface area (Å²) in [5.41, 5.74) is 1.30. The summed E-state index contributed by atoms with van der Waals surface area (Å²) in [4.78, 5) is 11.7. The van der Waals surface area contributed by atoms with Gasteiger partial charge in [0, 0.05) is 11.4 Å². The highest BCUT2D eigenvalue weighted by atomic mass is 32.1. The molecule has 0 bridgehead atoms. The van der Waals surface area contributed by atoms with Gasteiger partial charge in [0.15, 0.2) is 0 Å². The minimum atomic E-state index is -0.260. The minimum Gasteiger partial charge on any atom is -0.347 e. The number of rotatable bonds is 3. The molecule has 4 heteroatoms. The summed E-state index contributed by atoms with van der Waals surface area (Å²) < 4.78 is 0. The Labute approximate surface area is 81.4 Å². The first-order valence-electron chi connectivity index (χ1n) is 3.70. The third kappa shape index (κ3) is 2.87. The van der Waals surface area contributed by atoms with E-state index in [9.17, 15) is 4.79 Å². The number of thiophene rings is 1. The first-order valence-corrected chi connectivity index (χ1v) is 5.02. The van der Waals surface area contributed by atoms with Gasteiger partial charge in [-0.05, 0) is 30.4 Å². The number of nitrogens with one attached hydrogen (secondary N) is 1. The molecule has 0 spiro atoms. The molecule has 1 aromatic heterocycles. The molecular weight excluding hydrogens is 190 g/mol. The highest BCUT2D eigenvalue weighted by Crippen LogP contribution is 2.15. The molecule has 0 fully saturated rings. The normalized spacial score (nSPS) is 9.83. The van der Waals surface area contributed by atoms with Gasteiger partial charge in [0.25, 0.3) is 5.24 Å². The topological polar surface area (TPSA) is 29.1 Å². The molecule has 66 valence electrons. The predicted octanol–water partition coefficient (Wildman–Crippen LogP) is 2.24. The standard InChI is InChI=1S/C8H11NOS2/c1-6-3-5-12-7(6)2-4-9-8(10)11/h3,5H,2,4H2,1H3,(H2,9,10,11). The van der Waals surface area contributed by atoms with E-state index in [0.717, 1.165) is 6.42 Å². The number of hydrogen-bond donors (Lipinski definition) is 2. The molecule has 1 aromatic rings. The van der Waals surface area contributed by atoms with Gasteiger partial charge < -0.3 is 5.32 Å². The summed E-state index contributed by atoms with van der Waals surface area (Å²) in [5.74, 6) is 0. The Morgan fingerprint density at radius 2 is 2.50 bits per heavy atom. The van der Waals surface area contributed by atoms with E-state index in [1.807, 2.05) is 0 Å². The molecule has 0 aliphatic rings. The molecule has 12 heavy (non-hydrogen) atoms. The molecular formula is C8H11NOS2. The first kappa shape index (κ1) is 9.61. The van der Waals surface area contributed by atoms with Crippen LogP contribution in [0.1, 0.15) is 10.4 Å². The lowest BCUT2D eigenvalue weighted by atomic mass is 10.2. The monoisotopic (exact) mass is 201 g/mol. The number of carbonyl (C=O) groups is 1. The van der Waals surface area contributed by atoms with Crippen LogP contribution < -0.4 is 5.32 Å². The van der Waals surface area contributed by atoms with E-state index < -0.39 is 0 Å². The van der Waals surface area contributed by atoms with Gasteiger partial charge >= 0.3 is 0 Å². The largest absolute Gasteiger partial charge is 0.347 e. The van der Waals surface area contributed by atoms with Crippen LogP contribution in [0.3, 0.4) is 0 Å². The van der Waals surface area contributed by atoms with Gasteiger partial charge in [-0.2, -0.15) is 0 Å². The second kappa shape index (κ2) is 4.52. The summed E-state index contributed by atoms with van der Waals surface area (Å²) >= 11 is 5.33. The summed E-state index contributed by atoms with van der Waals surface area (Å²) in [5, 5.41) is 4.45. The average Bonchev–Trinajstić information content (AvgIpc) is 2.36. The Hall–Kier alpha value is -0.480. The molecule has 0 saturated heterocycles. The Morgan fingerprint density at radius 1 is 1.75 bits per heavy atom. The number of amides is 1. The van der Waals surface area contributed by atoms with Gasteiger partial charge in [-0.3, -0.25) is 4.79 Å². The van der Waals surface area contributed by atoms with Crippen molar-refractivity contribution in [2.45, 2.75) is 13.3 Å². The van der Waals surface area contributed by atoms with E-state index in [1.165, 1.54) is 10.4 Å². The molecule has 1 amide bonds. The Balaban J connectivity index is 2.33. The van der Waals surface area contributed by atoms with Crippen LogP contribution in [0.15, 0.2) is 11.4 Å². The zero-order valence-electron chi connectivity index (χ0n) is 6.83. The summed E-state index contributed by atoms with van der Waals surface area (Å²) in [6, 6.07) is 2.09. The Kier molecular flexibility index (Phi) is 3.62. The highest BCUT2D eigenvalue weighted by Gasteiger charge is 1.99. The number of carbonyl (C=O) groups excluding carboxylic acids is 1. The lowest BCUT2D eigenvalue weighted by Gasteiger charge is -1.99. The van der Waals surface area contributed by atoms with Gasteiger partial charge in [0.1, 0.15) is 0 Å². The summed E-state index contributed by atoms with van der Waals surface area (Å²) in [6.07, 6.45) is 0.899. The van der Waals surface area contributed by atoms with E-state index in [-0.39, 0.29) is 5.24 Å². The minimum absolute atomic E-state index is 0.260. The summed E-state index contributed by atoms with van der Waals surface area (Å²) in [7, 11) is 0. The first-order chi connectivity index (χ1) is 5.70. The van der Waals surface area contributed by atoms with Crippen molar-refractivity contribution < 1.29 is 4.79 Å². The molecule has 0 unspecified atom stereocenters. The SMILES string of the molecule is Cc1ccsc1CCNC(=O)S. The van der Waals surface area contributed by atoms with Crippen molar-refractivity contribution in [3.05, 3.63) is 21.9 Å². The quantitative estimate of drug-likeness (QED) is 0.722. The van der Waals surface area contributed by atoms with Crippen molar-refractivity contribution in [2.24, 2.45) is 0 Å². The highest BCUT2D eigenvalue weighted by molar-refractivity contribution is 7.96. The van der Waals surface area contributed by atoms with Gasteiger partial charge in [-0.15, -0.1) is 11.3 Å². The maximum atomic E-state index is 10.4. The molecule has 2 nitrogen and oxygen atoms in total. The Morgan fingerprint density at radius 3 is 3.00 bits per heavy atom. The van der Waals surface area contributed by atoms with Gasteiger partial charge in [0.05, 0.1) is 0 Å². The molecule has 1 heterocycles. The average molecular weight is 201 g/mol. The van der Waals surface area contributed by atoms with Crippen LogP contribution in [0.25, 0.3) is 0 Å². The fourth-order valence-electron chi connectivity index (χ4n) is 0.943. The third-order valence-corrected chi connectivity index (χ3v) is 2.84. The van der Waals surface area contributed by atoms with Crippen LogP contribution in [0.2, 0.25) is 0 Å². The molecule has 0 aliphatic carbocycles. The van der Waals surface area contributed by atoms with E-state index >= 15 is 0 Å². The van der Waals surface area contributed by atoms with Crippen molar-refractivity contribution in [2.75, 3.05) is 6.54 Å². The van der Waals surface area contributed by atoms with Gasteiger partial charge in [-0.25, -0.2) is 0 Å². The Bertz CT molecular complexity index is 270. The van der Waals surface area contributed by atoms with Crippen molar-refractivity contribution in [3.63, 3.8) is 0 Å². The van der Waals surface area contributed by atoms with Crippen LogP contribution >= 0.6 is 24.0 Å². The fraction of sp³-hybridized carbons (Fsp3) is 0.375. The second-order valence-electron chi connectivity index (χ2n) is 2.51. The zero-order chi connectivity index (χ0) is 8.97. The number of hydrogen-bond acceptors (Lipinski definition) is 2. The van der Waals surface area contributed by atoms with Gasteiger partial charge in [0.2, 0.25) is 0 Å². The lowest BCUT2D eigenvalue weighted by molar-refractivity contribution is 0.261. The molecule has 1 rings (SSSR count). The van der Waals surface area contributed by atoms with Crippen molar-refractivity contribution in [1.82, 2.24) is 5.32 Å². The van der Waals surface area contributed by atoms with Crippen LogP contribution in [0.4, 0.5) is 4.79 Å². The predicted molar refractivity (Wildman–Crippen MR) is 55.1 cm³/mol. The third-order valence-electron chi connectivity index (χ3n) is 1.60. The van der Waals surface area contributed by atoms with Crippen molar-refractivity contribution in [3.8, 4) is 0 Å². The van der Waals surface area contributed by atoms with Crippen LogP contribution in [0, 0.1) is 6.92 Å². The molecule has 0 aliphatic heterocycles. The van der Waals surface area contributed by atoms with Crippen LogP contribution in [-0.4, -0.2) is 11.8 Å². The molecule has 1 N–H and O–H groups in total. The van der Waals surface area contributed by atoms with Gasteiger partial charge in [-0.1, -0.05) is 12.6 Å². The summed E-state index contributed by atoms with van der Waals surface area (Å²) in [6.45, 7) is 2.75. The maximum Gasteiger partial charge on any atom is 0.275 e. The van der Waals surface area contributed by atoms with E-state index in [4.69, 9.17) is 0 Å². The molecule has 0 aromatic carbocycles. The smallest absolute Gasteiger partial charge is 0.275 e. The maximum absolute atomic E-state index is 10.4.